The van der Waals surface area contributed by atoms with Gasteiger partial charge in [-0.15, -0.1) is 0 Å². The minimum Gasteiger partial charge on any atom is -0.255 e. The van der Waals surface area contributed by atoms with Crippen LogP contribution < -0.4 is 0 Å². The lowest BCUT2D eigenvalue weighted by Gasteiger charge is -2.27. The lowest BCUT2D eigenvalue weighted by molar-refractivity contribution is 0.639. The molecule has 0 amide bonds. The molecule has 0 aliphatic carbocycles. The standard InChI is InChI=1S/C32H31N/c1-21-8-6-10-27(15-21)32(4,5)28-11-7-9-24(19-28)18-26-14-23(3)17-30-29-16-22(2)12-13-25(29)20-33-31(26)30/h6-17,19-20H,18H2,1-5H3. The Morgan fingerprint density at radius 2 is 1.36 bits per heavy atom. The molecule has 1 aromatic heterocycles. The van der Waals surface area contributed by atoms with Gasteiger partial charge in [0.25, 0.3) is 0 Å². The Morgan fingerprint density at radius 3 is 2.15 bits per heavy atom. The number of hydrogen-bond acceptors (Lipinski definition) is 1. The van der Waals surface area contributed by atoms with Crippen molar-refractivity contribution in [2.24, 2.45) is 0 Å². The number of hydrogen-bond donors (Lipinski definition) is 0. The van der Waals surface area contributed by atoms with E-state index in [1.807, 2.05) is 6.20 Å². The Bertz CT molecular complexity index is 1490. The molecule has 0 aliphatic rings. The number of fused-ring (bicyclic) bond motifs is 3. The summed E-state index contributed by atoms with van der Waals surface area (Å²) in [6, 6.07) is 29.2. The van der Waals surface area contributed by atoms with Gasteiger partial charge in [0.05, 0.1) is 5.52 Å². The van der Waals surface area contributed by atoms with Gasteiger partial charge in [-0.25, -0.2) is 0 Å². The number of aromatic nitrogens is 1. The van der Waals surface area contributed by atoms with E-state index in [-0.39, 0.29) is 5.41 Å². The molecule has 164 valence electrons. The highest BCUT2D eigenvalue weighted by molar-refractivity contribution is 6.06. The van der Waals surface area contributed by atoms with E-state index in [0.717, 1.165) is 11.9 Å². The normalized spacial score (nSPS) is 11.9. The third kappa shape index (κ3) is 4.04. The Kier molecular flexibility index (Phi) is 5.29. The van der Waals surface area contributed by atoms with Crippen LogP contribution in [0.5, 0.6) is 0 Å². The topological polar surface area (TPSA) is 12.9 Å². The van der Waals surface area contributed by atoms with E-state index in [9.17, 15) is 0 Å². The van der Waals surface area contributed by atoms with Gasteiger partial charge in [-0.05, 0) is 60.9 Å². The summed E-state index contributed by atoms with van der Waals surface area (Å²) in [4.78, 5) is 4.90. The van der Waals surface area contributed by atoms with Crippen LogP contribution in [0.25, 0.3) is 21.7 Å². The fourth-order valence-corrected chi connectivity index (χ4v) is 4.99. The summed E-state index contributed by atoms with van der Waals surface area (Å²) in [6.07, 6.45) is 2.90. The van der Waals surface area contributed by atoms with Gasteiger partial charge in [-0.3, -0.25) is 4.98 Å². The summed E-state index contributed by atoms with van der Waals surface area (Å²) < 4.78 is 0. The summed E-state index contributed by atoms with van der Waals surface area (Å²) in [6.45, 7) is 11.1. The van der Waals surface area contributed by atoms with Gasteiger partial charge >= 0.3 is 0 Å². The Morgan fingerprint density at radius 1 is 0.667 bits per heavy atom. The van der Waals surface area contributed by atoms with E-state index >= 15 is 0 Å². The molecule has 1 nitrogen and oxygen atoms in total. The molecule has 0 radical (unpaired) electrons. The van der Waals surface area contributed by atoms with E-state index in [4.69, 9.17) is 4.98 Å². The molecule has 0 spiro atoms. The molecule has 33 heavy (non-hydrogen) atoms. The number of rotatable bonds is 4. The van der Waals surface area contributed by atoms with Gasteiger partial charge in [0.2, 0.25) is 0 Å². The van der Waals surface area contributed by atoms with Crippen molar-refractivity contribution in [3.8, 4) is 0 Å². The maximum atomic E-state index is 4.90. The molecule has 0 N–H and O–H groups in total. The molecular weight excluding hydrogens is 398 g/mol. The quantitative estimate of drug-likeness (QED) is 0.262. The average molecular weight is 430 g/mol. The molecule has 1 heteroatoms. The van der Waals surface area contributed by atoms with Gasteiger partial charge in [0.15, 0.2) is 0 Å². The number of benzene rings is 4. The molecule has 0 unspecified atom stereocenters. The maximum absolute atomic E-state index is 4.90. The number of pyridine rings is 1. The molecule has 1 heterocycles. The highest BCUT2D eigenvalue weighted by atomic mass is 14.7. The summed E-state index contributed by atoms with van der Waals surface area (Å²) in [7, 11) is 0. The van der Waals surface area contributed by atoms with Crippen molar-refractivity contribution in [3.63, 3.8) is 0 Å². The van der Waals surface area contributed by atoms with Crippen molar-refractivity contribution in [1.29, 1.82) is 0 Å². The fraction of sp³-hybridized carbons (Fsp3) is 0.219. The first-order chi connectivity index (χ1) is 15.8. The second-order valence-corrected chi connectivity index (χ2v) is 10.0. The molecule has 0 saturated heterocycles. The lowest BCUT2D eigenvalue weighted by atomic mass is 9.77. The number of aryl methyl sites for hydroxylation is 3. The average Bonchev–Trinajstić information content (AvgIpc) is 2.79. The molecule has 0 atom stereocenters. The van der Waals surface area contributed by atoms with Crippen LogP contribution in [0.2, 0.25) is 0 Å². The number of nitrogens with zero attached hydrogens (tertiary/aromatic N) is 1. The van der Waals surface area contributed by atoms with Gasteiger partial charge in [-0.1, -0.05) is 103 Å². The molecule has 0 bridgehead atoms. The van der Waals surface area contributed by atoms with Crippen LogP contribution in [0.3, 0.4) is 0 Å². The van der Waals surface area contributed by atoms with Gasteiger partial charge < -0.3 is 0 Å². The van der Waals surface area contributed by atoms with E-state index < -0.39 is 0 Å². The van der Waals surface area contributed by atoms with Crippen molar-refractivity contribution in [3.05, 3.63) is 124 Å². The van der Waals surface area contributed by atoms with Crippen molar-refractivity contribution in [2.75, 3.05) is 0 Å². The van der Waals surface area contributed by atoms with Crippen LogP contribution in [-0.2, 0) is 11.8 Å². The van der Waals surface area contributed by atoms with Crippen molar-refractivity contribution < 1.29 is 0 Å². The van der Waals surface area contributed by atoms with E-state index in [1.54, 1.807) is 0 Å². The highest BCUT2D eigenvalue weighted by Crippen LogP contribution is 2.34. The van der Waals surface area contributed by atoms with Crippen LogP contribution in [0, 0.1) is 20.8 Å². The summed E-state index contributed by atoms with van der Waals surface area (Å²) in [5, 5.41) is 3.74. The van der Waals surface area contributed by atoms with Crippen LogP contribution in [0.4, 0.5) is 0 Å². The van der Waals surface area contributed by atoms with Crippen LogP contribution >= 0.6 is 0 Å². The van der Waals surface area contributed by atoms with Crippen molar-refractivity contribution in [2.45, 2.75) is 46.5 Å². The zero-order valence-corrected chi connectivity index (χ0v) is 20.2. The van der Waals surface area contributed by atoms with E-state index in [1.165, 1.54) is 55.1 Å². The summed E-state index contributed by atoms with van der Waals surface area (Å²) >= 11 is 0. The highest BCUT2D eigenvalue weighted by Gasteiger charge is 2.23. The molecule has 5 rings (SSSR count). The first-order valence-corrected chi connectivity index (χ1v) is 11.8. The van der Waals surface area contributed by atoms with Gasteiger partial charge in [-0.2, -0.15) is 0 Å². The smallest absolute Gasteiger partial charge is 0.0743 e. The maximum Gasteiger partial charge on any atom is 0.0743 e. The molecule has 5 aromatic rings. The minimum atomic E-state index is -0.0529. The monoisotopic (exact) mass is 429 g/mol. The Hall–Kier alpha value is -3.45. The predicted octanol–water partition coefficient (Wildman–Crippen LogP) is 8.23. The second kappa shape index (κ2) is 8.15. The van der Waals surface area contributed by atoms with Crippen LogP contribution in [0.15, 0.2) is 85.1 Å². The van der Waals surface area contributed by atoms with Gasteiger partial charge in [0.1, 0.15) is 0 Å². The zero-order valence-electron chi connectivity index (χ0n) is 20.2. The molecule has 0 fully saturated rings. The largest absolute Gasteiger partial charge is 0.255 e. The summed E-state index contributed by atoms with van der Waals surface area (Å²) in [5.74, 6) is 0. The fourth-order valence-electron chi connectivity index (χ4n) is 4.99. The molecule has 0 aliphatic heterocycles. The molecular formula is C32H31N. The zero-order chi connectivity index (χ0) is 23.2. The third-order valence-corrected chi connectivity index (χ3v) is 6.95. The second-order valence-electron chi connectivity index (χ2n) is 10.0. The van der Waals surface area contributed by atoms with Crippen molar-refractivity contribution >= 4 is 21.7 Å². The summed E-state index contributed by atoms with van der Waals surface area (Å²) in [5.41, 5.74) is 10.2. The molecule has 0 saturated carbocycles. The predicted molar refractivity (Wildman–Crippen MR) is 141 cm³/mol. The van der Waals surface area contributed by atoms with E-state index in [0.29, 0.717) is 0 Å². The van der Waals surface area contributed by atoms with Crippen LogP contribution in [0.1, 0.15) is 52.8 Å². The van der Waals surface area contributed by atoms with E-state index in [2.05, 4.69) is 113 Å². The van der Waals surface area contributed by atoms with Crippen LogP contribution in [-0.4, -0.2) is 4.98 Å². The third-order valence-electron chi connectivity index (χ3n) is 6.95. The first-order valence-electron chi connectivity index (χ1n) is 11.8. The minimum absolute atomic E-state index is 0.0529. The Balaban J connectivity index is 1.58. The van der Waals surface area contributed by atoms with Gasteiger partial charge in [0, 0.05) is 22.4 Å². The lowest BCUT2D eigenvalue weighted by Crippen LogP contribution is -2.19. The molecule has 4 aromatic carbocycles. The first kappa shape index (κ1) is 21.4. The SMILES string of the molecule is Cc1cccc(C(C)(C)c2cccc(Cc3cc(C)cc4c3ncc3ccc(C)cc34)c2)c1. The Labute approximate surface area is 197 Å². The van der Waals surface area contributed by atoms with Crippen molar-refractivity contribution in [1.82, 2.24) is 4.98 Å².